The quantitative estimate of drug-likeness (QED) is 0.426. The zero-order valence-electron chi connectivity index (χ0n) is 19.6. The fraction of sp³-hybridized carbons (Fsp3) is 0.346. The maximum absolute atomic E-state index is 5.80. The van der Waals surface area contributed by atoms with Gasteiger partial charge in [0, 0.05) is 17.8 Å². The van der Waals surface area contributed by atoms with Crippen LogP contribution in [0.2, 0.25) is 0 Å². The SMILES string of the molecule is CCCN1C(=S)NC(c2ccc(CC)cc2)C(c2nc(-c3ccc(OCC)cc3)no2)=C1C. The summed E-state index contributed by atoms with van der Waals surface area (Å²) in [4.78, 5) is 6.89. The van der Waals surface area contributed by atoms with Crippen LogP contribution in [0.15, 0.2) is 58.8 Å². The first-order valence-corrected chi connectivity index (χ1v) is 11.9. The van der Waals surface area contributed by atoms with Crippen molar-refractivity contribution < 1.29 is 9.26 Å². The lowest BCUT2D eigenvalue weighted by Gasteiger charge is -2.37. The van der Waals surface area contributed by atoms with E-state index in [-0.39, 0.29) is 6.04 Å². The van der Waals surface area contributed by atoms with Crippen molar-refractivity contribution in [3.8, 4) is 17.1 Å². The van der Waals surface area contributed by atoms with E-state index < -0.39 is 0 Å². The molecule has 33 heavy (non-hydrogen) atoms. The monoisotopic (exact) mass is 462 g/mol. The van der Waals surface area contributed by atoms with Crippen LogP contribution in [-0.2, 0) is 6.42 Å². The highest BCUT2D eigenvalue weighted by Crippen LogP contribution is 2.37. The van der Waals surface area contributed by atoms with Gasteiger partial charge >= 0.3 is 0 Å². The van der Waals surface area contributed by atoms with Gasteiger partial charge in [0.15, 0.2) is 5.11 Å². The molecule has 1 aliphatic heterocycles. The van der Waals surface area contributed by atoms with Gasteiger partial charge in [-0.3, -0.25) is 0 Å². The van der Waals surface area contributed by atoms with Crippen molar-refractivity contribution >= 4 is 22.9 Å². The Morgan fingerprint density at radius 1 is 1.06 bits per heavy atom. The molecule has 0 radical (unpaired) electrons. The van der Waals surface area contributed by atoms with Gasteiger partial charge in [-0.25, -0.2) is 0 Å². The summed E-state index contributed by atoms with van der Waals surface area (Å²) in [5.41, 5.74) is 5.27. The number of rotatable bonds is 8. The van der Waals surface area contributed by atoms with Crippen LogP contribution in [0.1, 0.15) is 57.2 Å². The second-order valence-corrected chi connectivity index (χ2v) is 8.40. The second-order valence-electron chi connectivity index (χ2n) is 8.01. The molecule has 1 N–H and O–H groups in total. The third kappa shape index (κ3) is 4.78. The summed E-state index contributed by atoms with van der Waals surface area (Å²) in [6.45, 7) is 9.79. The summed E-state index contributed by atoms with van der Waals surface area (Å²) in [7, 11) is 0. The van der Waals surface area contributed by atoms with Crippen molar-refractivity contribution in [2.75, 3.05) is 13.2 Å². The van der Waals surface area contributed by atoms with Crippen molar-refractivity contribution in [2.45, 2.75) is 46.6 Å². The number of ether oxygens (including phenoxy) is 1. The van der Waals surface area contributed by atoms with Crippen LogP contribution in [0.25, 0.3) is 17.0 Å². The number of benzene rings is 2. The number of hydrogen-bond donors (Lipinski definition) is 1. The number of aromatic nitrogens is 2. The van der Waals surface area contributed by atoms with E-state index in [0.29, 0.717) is 23.4 Å². The highest BCUT2D eigenvalue weighted by Gasteiger charge is 2.33. The Morgan fingerprint density at radius 3 is 2.42 bits per heavy atom. The Morgan fingerprint density at radius 2 is 1.79 bits per heavy atom. The van der Waals surface area contributed by atoms with E-state index in [9.17, 15) is 0 Å². The zero-order valence-corrected chi connectivity index (χ0v) is 20.4. The van der Waals surface area contributed by atoms with Crippen LogP contribution in [0.4, 0.5) is 0 Å². The van der Waals surface area contributed by atoms with E-state index >= 15 is 0 Å². The summed E-state index contributed by atoms with van der Waals surface area (Å²) in [6, 6.07) is 16.2. The van der Waals surface area contributed by atoms with Gasteiger partial charge in [0.1, 0.15) is 5.75 Å². The molecule has 6 nitrogen and oxygen atoms in total. The molecule has 1 unspecified atom stereocenters. The molecule has 0 amide bonds. The highest BCUT2D eigenvalue weighted by atomic mass is 32.1. The molecular weight excluding hydrogens is 432 g/mol. The van der Waals surface area contributed by atoms with Crippen LogP contribution in [0.3, 0.4) is 0 Å². The number of allylic oxidation sites excluding steroid dienone is 1. The molecule has 0 spiro atoms. The number of aryl methyl sites for hydroxylation is 1. The molecular formula is C26H30N4O2S. The van der Waals surface area contributed by atoms with Crippen LogP contribution in [0, 0.1) is 0 Å². The maximum atomic E-state index is 5.80. The van der Waals surface area contributed by atoms with Crippen molar-refractivity contribution in [3.05, 3.63) is 71.2 Å². The minimum Gasteiger partial charge on any atom is -0.494 e. The molecule has 2 aromatic carbocycles. The molecule has 7 heteroatoms. The van der Waals surface area contributed by atoms with Crippen LogP contribution in [0.5, 0.6) is 5.75 Å². The summed E-state index contributed by atoms with van der Waals surface area (Å²) >= 11 is 5.72. The fourth-order valence-corrected chi connectivity index (χ4v) is 4.41. The average Bonchev–Trinajstić information content (AvgIpc) is 3.32. The zero-order chi connectivity index (χ0) is 23.4. The molecule has 1 atom stereocenters. The molecule has 172 valence electrons. The summed E-state index contributed by atoms with van der Waals surface area (Å²) in [6.07, 6.45) is 1.97. The maximum Gasteiger partial charge on any atom is 0.258 e. The molecule has 4 rings (SSSR count). The largest absolute Gasteiger partial charge is 0.494 e. The normalized spacial score (nSPS) is 16.2. The lowest BCUT2D eigenvalue weighted by atomic mass is 9.94. The predicted molar refractivity (Wildman–Crippen MR) is 135 cm³/mol. The molecule has 1 aliphatic rings. The minimum absolute atomic E-state index is 0.162. The van der Waals surface area contributed by atoms with Gasteiger partial charge in [-0.2, -0.15) is 4.98 Å². The lowest BCUT2D eigenvalue weighted by Crippen LogP contribution is -2.46. The predicted octanol–water partition coefficient (Wildman–Crippen LogP) is 5.77. The third-order valence-corrected chi connectivity index (χ3v) is 6.18. The van der Waals surface area contributed by atoms with Gasteiger partial charge in [-0.1, -0.05) is 43.3 Å². The number of nitrogens with zero attached hydrogens (tertiary/aromatic N) is 3. The Labute approximate surface area is 200 Å². The van der Waals surface area contributed by atoms with Gasteiger partial charge in [0.05, 0.1) is 18.2 Å². The fourth-order valence-electron chi connectivity index (χ4n) is 4.06. The number of thiocarbonyl (C=S) groups is 1. The Balaban J connectivity index is 1.74. The van der Waals surface area contributed by atoms with Gasteiger partial charge in [-0.05, 0) is 74.3 Å². The van der Waals surface area contributed by atoms with Gasteiger partial charge in [0.2, 0.25) is 5.82 Å². The molecule has 0 saturated carbocycles. The first kappa shape index (κ1) is 23.0. The summed E-state index contributed by atoms with van der Waals surface area (Å²) in [5.74, 6) is 1.86. The van der Waals surface area contributed by atoms with Crippen molar-refractivity contribution in [1.82, 2.24) is 20.4 Å². The lowest BCUT2D eigenvalue weighted by molar-refractivity contribution is 0.340. The van der Waals surface area contributed by atoms with E-state index in [0.717, 1.165) is 47.5 Å². The van der Waals surface area contributed by atoms with E-state index in [4.69, 9.17) is 26.5 Å². The van der Waals surface area contributed by atoms with E-state index in [1.807, 2.05) is 31.2 Å². The first-order valence-electron chi connectivity index (χ1n) is 11.5. The Hall–Kier alpha value is -3.19. The molecule has 0 fully saturated rings. The smallest absolute Gasteiger partial charge is 0.258 e. The van der Waals surface area contributed by atoms with Crippen molar-refractivity contribution in [1.29, 1.82) is 0 Å². The highest BCUT2D eigenvalue weighted by molar-refractivity contribution is 7.80. The average molecular weight is 463 g/mol. The number of hydrogen-bond acceptors (Lipinski definition) is 5. The molecule has 0 bridgehead atoms. The Bertz CT molecular complexity index is 1140. The van der Waals surface area contributed by atoms with Gasteiger partial charge in [-0.15, -0.1) is 0 Å². The molecule has 0 aliphatic carbocycles. The summed E-state index contributed by atoms with van der Waals surface area (Å²) < 4.78 is 11.3. The van der Waals surface area contributed by atoms with E-state index in [2.05, 4.69) is 60.4 Å². The third-order valence-electron chi connectivity index (χ3n) is 5.84. The van der Waals surface area contributed by atoms with Crippen LogP contribution in [-0.4, -0.2) is 33.3 Å². The minimum atomic E-state index is -0.162. The van der Waals surface area contributed by atoms with Gasteiger partial charge in [0.25, 0.3) is 5.89 Å². The molecule has 1 aromatic heterocycles. The number of nitrogens with one attached hydrogen (secondary N) is 1. The van der Waals surface area contributed by atoms with Crippen LogP contribution < -0.4 is 10.1 Å². The molecule has 0 saturated heterocycles. The van der Waals surface area contributed by atoms with Crippen molar-refractivity contribution in [3.63, 3.8) is 0 Å². The Kier molecular flexibility index (Phi) is 7.08. The van der Waals surface area contributed by atoms with Gasteiger partial charge < -0.3 is 19.5 Å². The van der Waals surface area contributed by atoms with E-state index in [1.165, 1.54) is 5.56 Å². The standard InChI is InChI=1S/C26H30N4O2S/c1-5-16-30-17(4)22(23(27-26(30)33)19-10-8-18(6-2)9-11-19)25-28-24(29-32-25)20-12-14-21(15-13-20)31-7-3/h8-15,23H,5-7,16H2,1-4H3,(H,27,33). The summed E-state index contributed by atoms with van der Waals surface area (Å²) in [5, 5.41) is 8.50. The second kappa shape index (κ2) is 10.2. The van der Waals surface area contributed by atoms with Crippen molar-refractivity contribution in [2.24, 2.45) is 0 Å². The molecule has 2 heterocycles. The van der Waals surface area contributed by atoms with E-state index in [1.54, 1.807) is 0 Å². The molecule has 3 aromatic rings. The van der Waals surface area contributed by atoms with Crippen LogP contribution >= 0.6 is 12.2 Å². The topological polar surface area (TPSA) is 63.4 Å². The first-order chi connectivity index (χ1) is 16.0.